The molecule has 7 nitrogen and oxygen atoms in total. The molecule has 0 unspecified atom stereocenters. The molecule has 2 amide bonds. The molecule has 0 aliphatic heterocycles. The van der Waals surface area contributed by atoms with Gasteiger partial charge in [-0.25, -0.2) is 4.79 Å². The molecule has 0 spiro atoms. The van der Waals surface area contributed by atoms with Crippen LogP contribution in [0, 0.1) is 0 Å². The Labute approximate surface area is 157 Å². The number of hydrogen-bond donors (Lipinski definition) is 2. The SMILES string of the molecule is COc1cccc(NC(=O)NC[C@H](OC)c2cc3ccccc3o2)c1OC. The molecule has 0 bridgehead atoms. The fourth-order valence-corrected chi connectivity index (χ4v) is 2.80. The van der Waals surface area contributed by atoms with Crippen molar-refractivity contribution in [2.45, 2.75) is 6.10 Å². The van der Waals surface area contributed by atoms with Gasteiger partial charge in [0.2, 0.25) is 0 Å². The third-order valence-corrected chi connectivity index (χ3v) is 4.15. The molecular formula is C20H22N2O5. The van der Waals surface area contributed by atoms with Crippen LogP contribution in [0.1, 0.15) is 11.9 Å². The second-order valence-corrected chi connectivity index (χ2v) is 5.79. The number of ether oxygens (including phenoxy) is 3. The summed E-state index contributed by atoms with van der Waals surface area (Å²) in [6.07, 6.45) is -0.407. The van der Waals surface area contributed by atoms with Crippen LogP contribution in [-0.4, -0.2) is 33.9 Å². The van der Waals surface area contributed by atoms with E-state index in [1.165, 1.54) is 14.2 Å². The number of methoxy groups -OCH3 is 3. The van der Waals surface area contributed by atoms with Gasteiger partial charge in [-0.15, -0.1) is 0 Å². The third kappa shape index (κ3) is 4.15. The van der Waals surface area contributed by atoms with Crippen molar-refractivity contribution in [3.05, 3.63) is 54.3 Å². The summed E-state index contributed by atoms with van der Waals surface area (Å²) < 4.78 is 21.8. The molecule has 3 aromatic rings. The van der Waals surface area contributed by atoms with Gasteiger partial charge in [0.15, 0.2) is 11.5 Å². The Bertz CT molecular complexity index is 889. The first-order valence-electron chi connectivity index (χ1n) is 8.43. The minimum Gasteiger partial charge on any atom is -0.493 e. The monoisotopic (exact) mass is 370 g/mol. The topological polar surface area (TPSA) is 82.0 Å². The van der Waals surface area contributed by atoms with Crippen LogP contribution in [-0.2, 0) is 4.74 Å². The molecule has 27 heavy (non-hydrogen) atoms. The van der Waals surface area contributed by atoms with Gasteiger partial charge in [-0.3, -0.25) is 0 Å². The molecule has 0 aliphatic rings. The van der Waals surface area contributed by atoms with Gasteiger partial charge in [-0.2, -0.15) is 0 Å². The molecular weight excluding hydrogens is 348 g/mol. The average Bonchev–Trinajstić information content (AvgIpc) is 3.12. The van der Waals surface area contributed by atoms with E-state index in [9.17, 15) is 4.79 Å². The summed E-state index contributed by atoms with van der Waals surface area (Å²) in [7, 11) is 4.63. The van der Waals surface area contributed by atoms with E-state index in [-0.39, 0.29) is 12.6 Å². The highest BCUT2D eigenvalue weighted by molar-refractivity contribution is 5.91. The number of furan rings is 1. The lowest BCUT2D eigenvalue weighted by Crippen LogP contribution is -2.33. The highest BCUT2D eigenvalue weighted by Crippen LogP contribution is 2.34. The van der Waals surface area contributed by atoms with Crippen molar-refractivity contribution >= 4 is 22.7 Å². The van der Waals surface area contributed by atoms with E-state index < -0.39 is 6.10 Å². The smallest absolute Gasteiger partial charge is 0.319 e. The maximum atomic E-state index is 12.3. The Morgan fingerprint density at radius 3 is 2.59 bits per heavy atom. The van der Waals surface area contributed by atoms with E-state index in [2.05, 4.69) is 10.6 Å². The second kappa shape index (κ2) is 8.46. The molecule has 2 aromatic carbocycles. The average molecular weight is 370 g/mol. The number of fused-ring (bicyclic) bond motifs is 1. The van der Waals surface area contributed by atoms with E-state index >= 15 is 0 Å². The maximum Gasteiger partial charge on any atom is 0.319 e. The van der Waals surface area contributed by atoms with Crippen LogP contribution in [0.5, 0.6) is 11.5 Å². The van der Waals surface area contributed by atoms with E-state index in [1.54, 1.807) is 25.3 Å². The standard InChI is InChI=1S/C20H22N2O5/c1-24-16-10-6-8-14(19(16)26-3)22-20(23)21-12-18(25-2)17-11-13-7-4-5-9-15(13)27-17/h4-11,18H,12H2,1-3H3,(H2,21,22,23)/t18-/m0/s1. The number of hydrogen-bond acceptors (Lipinski definition) is 5. The zero-order valence-electron chi connectivity index (χ0n) is 15.4. The van der Waals surface area contributed by atoms with Gasteiger partial charge in [-0.1, -0.05) is 24.3 Å². The molecule has 142 valence electrons. The van der Waals surface area contributed by atoms with Crippen LogP contribution in [0.15, 0.2) is 52.9 Å². The van der Waals surface area contributed by atoms with Gasteiger partial charge in [0.05, 0.1) is 26.5 Å². The van der Waals surface area contributed by atoms with Crippen molar-refractivity contribution in [1.82, 2.24) is 5.32 Å². The molecule has 2 N–H and O–H groups in total. The van der Waals surface area contributed by atoms with Gasteiger partial charge in [-0.05, 0) is 24.3 Å². The third-order valence-electron chi connectivity index (χ3n) is 4.15. The fraction of sp³-hybridized carbons (Fsp3) is 0.250. The molecule has 7 heteroatoms. The fourth-order valence-electron chi connectivity index (χ4n) is 2.80. The summed E-state index contributed by atoms with van der Waals surface area (Å²) >= 11 is 0. The number of urea groups is 1. The van der Waals surface area contributed by atoms with E-state index in [0.717, 1.165) is 11.0 Å². The van der Waals surface area contributed by atoms with Crippen molar-refractivity contribution in [3.8, 4) is 11.5 Å². The molecule has 1 heterocycles. The highest BCUT2D eigenvalue weighted by Gasteiger charge is 2.18. The molecule has 0 radical (unpaired) electrons. The summed E-state index contributed by atoms with van der Waals surface area (Å²) in [5, 5.41) is 6.52. The predicted octanol–water partition coefficient (Wildman–Crippen LogP) is 3.96. The number of anilines is 1. The Hall–Kier alpha value is -3.19. The molecule has 1 aromatic heterocycles. The number of rotatable bonds is 7. The Kier molecular flexibility index (Phi) is 5.83. The van der Waals surface area contributed by atoms with Gasteiger partial charge in [0.1, 0.15) is 17.4 Å². The van der Waals surface area contributed by atoms with Gasteiger partial charge in [0.25, 0.3) is 0 Å². The lowest BCUT2D eigenvalue weighted by atomic mass is 10.2. The van der Waals surface area contributed by atoms with E-state index in [4.69, 9.17) is 18.6 Å². The molecule has 3 rings (SSSR count). The summed E-state index contributed by atoms with van der Waals surface area (Å²) in [5.74, 6) is 1.64. The summed E-state index contributed by atoms with van der Waals surface area (Å²) in [5.41, 5.74) is 1.28. The lowest BCUT2D eigenvalue weighted by molar-refractivity contribution is 0.0870. The normalized spacial score (nSPS) is 11.8. The van der Waals surface area contributed by atoms with Crippen LogP contribution in [0.3, 0.4) is 0 Å². The first-order valence-corrected chi connectivity index (χ1v) is 8.43. The lowest BCUT2D eigenvalue weighted by Gasteiger charge is -2.16. The number of amides is 2. The quantitative estimate of drug-likeness (QED) is 0.658. The van der Waals surface area contributed by atoms with Crippen LogP contribution in [0.2, 0.25) is 0 Å². The zero-order valence-corrected chi connectivity index (χ0v) is 15.4. The van der Waals surface area contributed by atoms with E-state index in [0.29, 0.717) is 22.9 Å². The summed E-state index contributed by atoms with van der Waals surface area (Å²) in [6.45, 7) is 0.244. The summed E-state index contributed by atoms with van der Waals surface area (Å²) in [6, 6.07) is 14.5. The molecule has 0 fully saturated rings. The zero-order chi connectivity index (χ0) is 19.2. The van der Waals surface area contributed by atoms with Crippen LogP contribution in [0.4, 0.5) is 10.5 Å². The Morgan fingerprint density at radius 1 is 1.07 bits per heavy atom. The Balaban J connectivity index is 1.65. The summed E-state index contributed by atoms with van der Waals surface area (Å²) in [4.78, 5) is 12.3. The largest absolute Gasteiger partial charge is 0.493 e. The highest BCUT2D eigenvalue weighted by atomic mass is 16.5. The minimum atomic E-state index is -0.407. The van der Waals surface area contributed by atoms with Crippen LogP contribution >= 0.6 is 0 Å². The minimum absolute atomic E-state index is 0.244. The van der Waals surface area contributed by atoms with Crippen LogP contribution in [0.25, 0.3) is 11.0 Å². The van der Waals surface area contributed by atoms with Crippen molar-refractivity contribution in [2.24, 2.45) is 0 Å². The van der Waals surface area contributed by atoms with Gasteiger partial charge in [0, 0.05) is 12.5 Å². The number of benzene rings is 2. The van der Waals surface area contributed by atoms with Crippen molar-refractivity contribution < 1.29 is 23.4 Å². The van der Waals surface area contributed by atoms with Gasteiger partial charge >= 0.3 is 6.03 Å². The maximum absolute atomic E-state index is 12.3. The molecule has 0 aliphatic carbocycles. The molecule has 0 saturated heterocycles. The van der Waals surface area contributed by atoms with Crippen molar-refractivity contribution in [2.75, 3.05) is 33.2 Å². The number of nitrogens with one attached hydrogen (secondary N) is 2. The predicted molar refractivity (Wildman–Crippen MR) is 103 cm³/mol. The second-order valence-electron chi connectivity index (χ2n) is 5.79. The number of carbonyl (C=O) groups excluding carboxylic acids is 1. The molecule has 1 atom stereocenters. The van der Waals surface area contributed by atoms with Crippen molar-refractivity contribution in [3.63, 3.8) is 0 Å². The van der Waals surface area contributed by atoms with Crippen molar-refractivity contribution in [1.29, 1.82) is 0 Å². The Morgan fingerprint density at radius 2 is 1.89 bits per heavy atom. The van der Waals surface area contributed by atoms with Crippen LogP contribution < -0.4 is 20.1 Å². The first-order chi connectivity index (χ1) is 13.2. The van der Waals surface area contributed by atoms with Gasteiger partial charge < -0.3 is 29.3 Å². The number of para-hydroxylation sites is 2. The number of carbonyl (C=O) groups is 1. The molecule has 0 saturated carbocycles. The first kappa shape index (κ1) is 18.6. The van der Waals surface area contributed by atoms with E-state index in [1.807, 2.05) is 30.3 Å².